The van der Waals surface area contributed by atoms with Gasteiger partial charge >= 0.3 is 5.97 Å². The third-order valence-electron chi connectivity index (χ3n) is 3.11. The minimum Gasteiger partial charge on any atom is -0.494 e. The van der Waals surface area contributed by atoms with Gasteiger partial charge in [-0.05, 0) is 31.2 Å². The van der Waals surface area contributed by atoms with Crippen molar-refractivity contribution in [2.24, 2.45) is 0 Å². The number of hydrogen-bond donors (Lipinski definition) is 2. The van der Waals surface area contributed by atoms with Gasteiger partial charge in [-0.3, -0.25) is 4.79 Å². The summed E-state index contributed by atoms with van der Waals surface area (Å²) < 4.78 is 7.24. The number of carboxylic acid groups (broad SMARTS) is 1. The van der Waals surface area contributed by atoms with E-state index in [1.165, 1.54) is 6.92 Å². The number of aromatic nitrogens is 1. The fraction of sp³-hybridized carbons (Fsp3) is 0.333. The Labute approximate surface area is 122 Å². The molecule has 1 aromatic carbocycles. The summed E-state index contributed by atoms with van der Waals surface area (Å²) in [7, 11) is 0. The number of ether oxygens (including phenoxy) is 1. The van der Waals surface area contributed by atoms with E-state index in [1.807, 2.05) is 31.2 Å². The molecule has 1 heterocycles. The molecule has 6 nitrogen and oxygen atoms in total. The van der Waals surface area contributed by atoms with Crippen LogP contribution in [0, 0.1) is 0 Å². The van der Waals surface area contributed by atoms with Gasteiger partial charge in [0.2, 0.25) is 5.91 Å². The van der Waals surface area contributed by atoms with Gasteiger partial charge in [-0.25, -0.2) is 4.79 Å². The Morgan fingerprint density at radius 2 is 2.14 bits per heavy atom. The number of carbonyl (C=O) groups is 2. The highest BCUT2D eigenvalue weighted by Gasteiger charge is 2.19. The lowest BCUT2D eigenvalue weighted by Gasteiger charge is -2.15. The van der Waals surface area contributed by atoms with Crippen LogP contribution >= 0.6 is 0 Å². The molecule has 0 aliphatic heterocycles. The zero-order valence-electron chi connectivity index (χ0n) is 12.0. The molecule has 0 aliphatic carbocycles. The van der Waals surface area contributed by atoms with Crippen LogP contribution in [0.25, 0.3) is 10.9 Å². The monoisotopic (exact) mass is 290 g/mol. The first-order valence-corrected chi connectivity index (χ1v) is 6.73. The summed E-state index contributed by atoms with van der Waals surface area (Å²) in [5.41, 5.74) is 0.898. The zero-order valence-corrected chi connectivity index (χ0v) is 12.0. The van der Waals surface area contributed by atoms with Crippen LogP contribution in [0.4, 0.5) is 0 Å². The number of benzene rings is 1. The minimum absolute atomic E-state index is 0.173. The summed E-state index contributed by atoms with van der Waals surface area (Å²) in [5, 5.41) is 12.6. The van der Waals surface area contributed by atoms with Crippen LogP contribution in [0.3, 0.4) is 0 Å². The summed E-state index contributed by atoms with van der Waals surface area (Å²) in [4.78, 5) is 22.3. The highest BCUT2D eigenvalue weighted by atomic mass is 16.5. The smallest absolute Gasteiger partial charge is 0.328 e. The maximum atomic E-state index is 11.2. The molecule has 1 atom stereocenters. The highest BCUT2D eigenvalue weighted by Crippen LogP contribution is 2.22. The van der Waals surface area contributed by atoms with Gasteiger partial charge in [0.05, 0.1) is 13.2 Å². The minimum atomic E-state index is -1.06. The van der Waals surface area contributed by atoms with Crippen molar-refractivity contribution in [2.45, 2.75) is 26.4 Å². The molecular formula is C15H18N2O4. The molecule has 0 spiro atoms. The summed E-state index contributed by atoms with van der Waals surface area (Å²) in [5.74, 6) is -0.644. The Morgan fingerprint density at radius 1 is 1.38 bits per heavy atom. The molecule has 21 heavy (non-hydrogen) atoms. The number of carboxylic acids is 1. The Bertz CT molecular complexity index is 663. The van der Waals surface area contributed by atoms with Crippen molar-refractivity contribution in [3.8, 4) is 5.75 Å². The molecule has 1 aromatic heterocycles. The molecule has 0 fully saturated rings. The van der Waals surface area contributed by atoms with Crippen LogP contribution in [0.15, 0.2) is 30.5 Å². The molecule has 112 valence electrons. The second kappa shape index (κ2) is 6.30. The number of amides is 1. The molecule has 0 radical (unpaired) electrons. The summed E-state index contributed by atoms with van der Waals surface area (Å²) in [6, 6.07) is 6.57. The van der Waals surface area contributed by atoms with Gasteiger partial charge in [0.15, 0.2) is 0 Å². The first-order chi connectivity index (χ1) is 10.0. The molecular weight excluding hydrogens is 272 g/mol. The van der Waals surface area contributed by atoms with Crippen molar-refractivity contribution in [3.05, 3.63) is 30.5 Å². The Kier molecular flexibility index (Phi) is 4.47. The van der Waals surface area contributed by atoms with Crippen molar-refractivity contribution >= 4 is 22.8 Å². The van der Waals surface area contributed by atoms with E-state index in [4.69, 9.17) is 9.84 Å². The fourth-order valence-electron chi connectivity index (χ4n) is 2.22. The number of nitrogens with one attached hydrogen (secondary N) is 1. The number of aliphatic carboxylic acids is 1. The fourth-order valence-corrected chi connectivity index (χ4v) is 2.22. The second-order valence-electron chi connectivity index (χ2n) is 4.71. The van der Waals surface area contributed by atoms with Crippen molar-refractivity contribution in [2.75, 3.05) is 6.61 Å². The average molecular weight is 290 g/mol. The average Bonchev–Trinajstić information content (AvgIpc) is 2.80. The van der Waals surface area contributed by atoms with E-state index in [9.17, 15) is 9.59 Å². The lowest BCUT2D eigenvalue weighted by Crippen LogP contribution is -2.42. The number of nitrogens with zero attached hydrogens (tertiary/aromatic N) is 1. The number of carbonyl (C=O) groups excluding carboxylic acids is 1. The second-order valence-corrected chi connectivity index (χ2v) is 4.71. The van der Waals surface area contributed by atoms with Gasteiger partial charge in [0, 0.05) is 24.0 Å². The van der Waals surface area contributed by atoms with E-state index in [0.717, 1.165) is 16.7 Å². The molecule has 0 saturated heterocycles. The summed E-state index contributed by atoms with van der Waals surface area (Å²) in [6.07, 6.45) is 1.80. The Balaban J connectivity index is 2.25. The molecule has 1 unspecified atom stereocenters. The molecule has 2 N–H and O–H groups in total. The first kappa shape index (κ1) is 14.9. The van der Waals surface area contributed by atoms with E-state index < -0.39 is 12.0 Å². The summed E-state index contributed by atoms with van der Waals surface area (Å²) >= 11 is 0. The van der Waals surface area contributed by atoms with Crippen molar-refractivity contribution in [1.82, 2.24) is 9.88 Å². The van der Waals surface area contributed by atoms with Crippen molar-refractivity contribution in [1.29, 1.82) is 0 Å². The quantitative estimate of drug-likeness (QED) is 0.847. The largest absolute Gasteiger partial charge is 0.494 e. The number of fused-ring (bicyclic) bond motifs is 1. The number of hydrogen-bond acceptors (Lipinski definition) is 3. The standard InChI is InChI=1S/C15H18N2O4/c1-3-21-12-4-5-14-11(8-12)6-7-17(14)9-13(15(19)20)16-10(2)18/h4-8,13H,3,9H2,1-2H3,(H,16,18)(H,19,20). The molecule has 0 aliphatic rings. The predicted molar refractivity (Wildman–Crippen MR) is 78.3 cm³/mol. The SMILES string of the molecule is CCOc1ccc2c(ccn2CC(NC(C)=O)C(=O)O)c1. The molecule has 1 amide bonds. The van der Waals surface area contributed by atoms with Gasteiger partial charge in [-0.15, -0.1) is 0 Å². The molecule has 6 heteroatoms. The maximum Gasteiger partial charge on any atom is 0.328 e. The Morgan fingerprint density at radius 3 is 2.76 bits per heavy atom. The van der Waals surface area contributed by atoms with Gasteiger partial charge in [0.1, 0.15) is 11.8 Å². The lowest BCUT2D eigenvalue weighted by atomic mass is 10.2. The van der Waals surface area contributed by atoms with Gasteiger partial charge in [0.25, 0.3) is 0 Å². The van der Waals surface area contributed by atoms with Crippen LogP contribution in [-0.2, 0) is 16.1 Å². The van der Waals surface area contributed by atoms with Crippen molar-refractivity contribution < 1.29 is 19.4 Å². The Hall–Kier alpha value is -2.50. The first-order valence-electron chi connectivity index (χ1n) is 6.73. The van der Waals surface area contributed by atoms with Crippen LogP contribution in [-0.4, -0.2) is 34.2 Å². The third-order valence-corrected chi connectivity index (χ3v) is 3.11. The normalized spacial score (nSPS) is 12.1. The van der Waals surface area contributed by atoms with Crippen LogP contribution in [0.2, 0.25) is 0 Å². The van der Waals surface area contributed by atoms with E-state index in [2.05, 4.69) is 5.32 Å². The van der Waals surface area contributed by atoms with Gasteiger partial charge in [-0.1, -0.05) is 0 Å². The molecule has 0 bridgehead atoms. The van der Waals surface area contributed by atoms with E-state index >= 15 is 0 Å². The van der Waals surface area contributed by atoms with Gasteiger partial charge < -0.3 is 19.7 Å². The summed E-state index contributed by atoms with van der Waals surface area (Å²) in [6.45, 7) is 3.99. The maximum absolute atomic E-state index is 11.2. The highest BCUT2D eigenvalue weighted by molar-refractivity contribution is 5.84. The third kappa shape index (κ3) is 3.53. The van der Waals surface area contributed by atoms with Crippen LogP contribution < -0.4 is 10.1 Å². The zero-order chi connectivity index (χ0) is 15.4. The van der Waals surface area contributed by atoms with Crippen LogP contribution in [0.1, 0.15) is 13.8 Å². The van der Waals surface area contributed by atoms with E-state index in [1.54, 1.807) is 10.8 Å². The van der Waals surface area contributed by atoms with Gasteiger partial charge in [-0.2, -0.15) is 0 Å². The van der Waals surface area contributed by atoms with Crippen LogP contribution in [0.5, 0.6) is 5.75 Å². The number of rotatable bonds is 6. The topological polar surface area (TPSA) is 80.6 Å². The lowest BCUT2D eigenvalue weighted by molar-refractivity contribution is -0.141. The molecule has 2 rings (SSSR count). The molecule has 0 saturated carbocycles. The van der Waals surface area contributed by atoms with E-state index in [0.29, 0.717) is 6.61 Å². The predicted octanol–water partition coefficient (Wildman–Crippen LogP) is 1.63. The molecule has 2 aromatic rings. The van der Waals surface area contributed by atoms with Crippen molar-refractivity contribution in [3.63, 3.8) is 0 Å². The van der Waals surface area contributed by atoms with E-state index in [-0.39, 0.29) is 12.5 Å².